The third kappa shape index (κ3) is 3.13. The predicted octanol–water partition coefficient (Wildman–Crippen LogP) is 3.66. The summed E-state index contributed by atoms with van der Waals surface area (Å²) in [5.41, 5.74) is -0.0278. The molecule has 5 heteroatoms. The minimum atomic E-state index is -2.97. The van der Waals surface area contributed by atoms with Gasteiger partial charge in [-0.25, -0.2) is 4.39 Å². The maximum atomic E-state index is 13.5. The van der Waals surface area contributed by atoms with Crippen LogP contribution in [-0.2, 0) is 0 Å². The van der Waals surface area contributed by atoms with Gasteiger partial charge in [0.25, 0.3) is 0 Å². The molecule has 0 fully saturated rings. The highest BCUT2D eigenvalue weighted by Gasteiger charge is 2.14. The van der Waals surface area contributed by atoms with Gasteiger partial charge in [-0.3, -0.25) is 4.79 Å². The van der Waals surface area contributed by atoms with Gasteiger partial charge in [-0.1, -0.05) is 24.3 Å². The van der Waals surface area contributed by atoms with Crippen molar-refractivity contribution in [2.75, 3.05) is 0 Å². The molecule has 2 nitrogen and oxygen atoms in total. The smallest absolute Gasteiger partial charge is 0.387 e. The molecule has 0 radical (unpaired) electrons. The van der Waals surface area contributed by atoms with Crippen LogP contribution in [0.4, 0.5) is 13.2 Å². The molecule has 0 aromatic heterocycles. The Labute approximate surface area is 107 Å². The number of benzene rings is 2. The van der Waals surface area contributed by atoms with Crippen molar-refractivity contribution in [3.05, 3.63) is 65.5 Å². The first-order chi connectivity index (χ1) is 9.08. The van der Waals surface area contributed by atoms with Crippen molar-refractivity contribution in [3.63, 3.8) is 0 Å². The number of halogens is 3. The van der Waals surface area contributed by atoms with E-state index in [9.17, 15) is 18.0 Å². The van der Waals surface area contributed by atoms with Crippen LogP contribution >= 0.6 is 0 Å². The Kier molecular flexibility index (Phi) is 3.85. The molecule has 19 heavy (non-hydrogen) atoms. The number of hydrogen-bond donors (Lipinski definition) is 0. The Balaban J connectivity index is 2.32. The van der Waals surface area contributed by atoms with Crippen LogP contribution in [0.3, 0.4) is 0 Å². The average molecular weight is 266 g/mol. The quantitative estimate of drug-likeness (QED) is 0.789. The summed E-state index contributed by atoms with van der Waals surface area (Å²) in [5, 5.41) is 0. The van der Waals surface area contributed by atoms with E-state index in [0.717, 1.165) is 12.1 Å². The molecule has 0 heterocycles. The average Bonchev–Trinajstić information content (AvgIpc) is 2.38. The van der Waals surface area contributed by atoms with Crippen molar-refractivity contribution in [2.24, 2.45) is 0 Å². The zero-order valence-corrected chi connectivity index (χ0v) is 9.65. The second kappa shape index (κ2) is 5.56. The molecule has 0 atom stereocenters. The van der Waals surface area contributed by atoms with Crippen molar-refractivity contribution in [1.82, 2.24) is 0 Å². The number of ether oxygens (including phenoxy) is 1. The molecule has 98 valence electrons. The van der Waals surface area contributed by atoms with E-state index < -0.39 is 18.2 Å². The van der Waals surface area contributed by atoms with Gasteiger partial charge < -0.3 is 4.74 Å². The molecule has 0 bridgehead atoms. The lowest BCUT2D eigenvalue weighted by molar-refractivity contribution is -0.0498. The summed E-state index contributed by atoms with van der Waals surface area (Å²) in [6.45, 7) is -2.97. The summed E-state index contributed by atoms with van der Waals surface area (Å²) in [7, 11) is 0. The largest absolute Gasteiger partial charge is 0.435 e. The Morgan fingerprint density at radius 2 is 1.79 bits per heavy atom. The van der Waals surface area contributed by atoms with Crippen molar-refractivity contribution in [3.8, 4) is 5.75 Å². The Morgan fingerprint density at radius 1 is 1.05 bits per heavy atom. The van der Waals surface area contributed by atoms with Crippen molar-refractivity contribution < 1.29 is 22.7 Å². The minimum absolute atomic E-state index is 0.0863. The first-order valence-electron chi connectivity index (χ1n) is 5.42. The molecule has 0 aliphatic carbocycles. The molecular formula is C14H9F3O2. The van der Waals surface area contributed by atoms with Crippen LogP contribution in [-0.4, -0.2) is 12.4 Å². The number of carbonyl (C=O) groups is 1. The molecule has 0 N–H and O–H groups in total. The summed E-state index contributed by atoms with van der Waals surface area (Å²) in [4.78, 5) is 12.0. The van der Waals surface area contributed by atoms with E-state index in [4.69, 9.17) is 0 Å². The number of hydrogen-bond acceptors (Lipinski definition) is 2. The Bertz CT molecular complexity index is 597. The van der Waals surface area contributed by atoms with Crippen LogP contribution in [0.25, 0.3) is 0 Å². The van der Waals surface area contributed by atoms with E-state index in [-0.39, 0.29) is 16.9 Å². The normalized spacial score (nSPS) is 10.5. The molecule has 0 saturated carbocycles. The number of alkyl halides is 2. The second-order valence-electron chi connectivity index (χ2n) is 3.72. The molecular weight excluding hydrogens is 257 g/mol. The summed E-state index contributed by atoms with van der Waals surface area (Å²) in [5.74, 6) is -1.39. The van der Waals surface area contributed by atoms with Gasteiger partial charge in [-0.15, -0.1) is 0 Å². The third-order valence-corrected chi connectivity index (χ3v) is 2.44. The van der Waals surface area contributed by atoms with E-state index in [2.05, 4.69) is 4.74 Å². The molecule has 0 amide bonds. The van der Waals surface area contributed by atoms with E-state index in [1.54, 1.807) is 0 Å². The first kappa shape index (κ1) is 13.1. The maximum Gasteiger partial charge on any atom is 0.387 e. The summed E-state index contributed by atoms with van der Waals surface area (Å²) in [6, 6.07) is 10.7. The van der Waals surface area contributed by atoms with Gasteiger partial charge >= 0.3 is 6.61 Å². The molecule has 0 saturated heterocycles. The highest BCUT2D eigenvalue weighted by molar-refractivity contribution is 6.09. The highest BCUT2D eigenvalue weighted by atomic mass is 19.3. The summed E-state index contributed by atoms with van der Waals surface area (Å²) < 4.78 is 41.8. The lowest BCUT2D eigenvalue weighted by Gasteiger charge is -2.06. The second-order valence-corrected chi connectivity index (χ2v) is 3.72. The van der Waals surface area contributed by atoms with Gasteiger partial charge in [0.15, 0.2) is 5.78 Å². The predicted molar refractivity (Wildman–Crippen MR) is 62.9 cm³/mol. The number of ketones is 1. The van der Waals surface area contributed by atoms with E-state index in [1.807, 2.05) is 0 Å². The van der Waals surface area contributed by atoms with Crippen molar-refractivity contribution >= 4 is 5.78 Å². The van der Waals surface area contributed by atoms with Crippen LogP contribution in [0.2, 0.25) is 0 Å². The van der Waals surface area contributed by atoms with Crippen LogP contribution in [0.15, 0.2) is 48.5 Å². The fourth-order valence-electron chi connectivity index (χ4n) is 1.61. The zero-order valence-electron chi connectivity index (χ0n) is 9.65. The first-order valence-corrected chi connectivity index (χ1v) is 5.42. The highest BCUT2D eigenvalue weighted by Crippen LogP contribution is 2.19. The van der Waals surface area contributed by atoms with E-state index in [0.29, 0.717) is 0 Å². The SMILES string of the molecule is O=C(c1cccc(OC(F)F)c1)c1ccccc1F. The molecule has 0 spiro atoms. The van der Waals surface area contributed by atoms with E-state index >= 15 is 0 Å². The molecule has 0 aliphatic heterocycles. The lowest BCUT2D eigenvalue weighted by Crippen LogP contribution is -2.06. The Hall–Kier alpha value is -2.30. The van der Waals surface area contributed by atoms with Gasteiger partial charge in [0.1, 0.15) is 11.6 Å². The summed E-state index contributed by atoms with van der Waals surface area (Å²) >= 11 is 0. The van der Waals surface area contributed by atoms with Gasteiger partial charge in [0.2, 0.25) is 0 Å². The van der Waals surface area contributed by atoms with Gasteiger partial charge in [0, 0.05) is 5.56 Å². The molecule has 2 aromatic rings. The van der Waals surface area contributed by atoms with Crippen LogP contribution in [0.1, 0.15) is 15.9 Å². The fraction of sp³-hybridized carbons (Fsp3) is 0.0714. The van der Waals surface area contributed by atoms with Crippen molar-refractivity contribution in [1.29, 1.82) is 0 Å². The maximum absolute atomic E-state index is 13.5. The van der Waals surface area contributed by atoms with Gasteiger partial charge in [-0.2, -0.15) is 8.78 Å². The number of rotatable bonds is 4. The third-order valence-electron chi connectivity index (χ3n) is 2.44. The molecule has 2 rings (SSSR count). The lowest BCUT2D eigenvalue weighted by atomic mass is 10.0. The Morgan fingerprint density at radius 3 is 2.47 bits per heavy atom. The van der Waals surface area contributed by atoms with Crippen molar-refractivity contribution in [2.45, 2.75) is 6.61 Å². The molecule has 0 unspecified atom stereocenters. The van der Waals surface area contributed by atoms with Gasteiger partial charge in [0.05, 0.1) is 5.56 Å². The zero-order chi connectivity index (χ0) is 13.8. The molecule has 0 aliphatic rings. The summed E-state index contributed by atoms with van der Waals surface area (Å²) in [6.07, 6.45) is 0. The van der Waals surface area contributed by atoms with Crippen LogP contribution < -0.4 is 4.74 Å². The standard InChI is InChI=1S/C14H9F3O2/c15-12-7-2-1-6-11(12)13(18)9-4-3-5-10(8-9)19-14(16)17/h1-8,14H. The monoisotopic (exact) mass is 266 g/mol. The van der Waals surface area contributed by atoms with Crippen LogP contribution in [0, 0.1) is 5.82 Å². The van der Waals surface area contributed by atoms with E-state index in [1.165, 1.54) is 36.4 Å². The fourth-order valence-corrected chi connectivity index (χ4v) is 1.61. The van der Waals surface area contributed by atoms with Gasteiger partial charge in [-0.05, 0) is 24.3 Å². The van der Waals surface area contributed by atoms with Crippen LogP contribution in [0.5, 0.6) is 5.75 Å². The molecule has 2 aromatic carbocycles. The topological polar surface area (TPSA) is 26.3 Å². The minimum Gasteiger partial charge on any atom is -0.435 e. The number of carbonyl (C=O) groups excluding carboxylic acids is 1.